The molecule has 1 aliphatic heterocycles. The molecule has 3 aromatic rings. The quantitative estimate of drug-likeness (QED) is 0.219. The predicted octanol–water partition coefficient (Wildman–Crippen LogP) is 5.95. The van der Waals surface area contributed by atoms with Crippen molar-refractivity contribution in [1.29, 1.82) is 5.26 Å². The fourth-order valence-electron chi connectivity index (χ4n) is 4.26. The van der Waals surface area contributed by atoms with E-state index >= 15 is 0 Å². The second kappa shape index (κ2) is 11.2. The van der Waals surface area contributed by atoms with Crippen molar-refractivity contribution in [3.05, 3.63) is 89.0 Å². The van der Waals surface area contributed by atoms with Crippen LogP contribution in [-0.2, 0) is 16.6 Å². The average Bonchev–Trinajstić information content (AvgIpc) is 3.33. The number of benzene rings is 3. The number of fused-ring (bicyclic) bond motifs is 1. The van der Waals surface area contributed by atoms with Gasteiger partial charge in [-0.1, -0.05) is 57.2 Å². The highest BCUT2D eigenvalue weighted by atomic mass is 16.5. The number of rotatable bonds is 8. The van der Waals surface area contributed by atoms with Crippen LogP contribution in [0.1, 0.15) is 37.5 Å². The van der Waals surface area contributed by atoms with Crippen LogP contribution in [0.4, 0.5) is 5.69 Å². The lowest BCUT2D eigenvalue weighted by Crippen LogP contribution is -2.29. The van der Waals surface area contributed by atoms with E-state index in [9.17, 15) is 10.1 Å². The summed E-state index contributed by atoms with van der Waals surface area (Å²) >= 11 is 0. The minimum atomic E-state index is -0.306. The predicted molar refractivity (Wildman–Crippen MR) is 145 cm³/mol. The summed E-state index contributed by atoms with van der Waals surface area (Å²) < 4.78 is 17.2. The highest BCUT2D eigenvalue weighted by molar-refractivity contribution is 6.12. The summed E-state index contributed by atoms with van der Waals surface area (Å²) in [6.07, 6.45) is 2.37. The first-order chi connectivity index (χ1) is 17.8. The molecular formula is C31H32N2O4. The number of carbonyl (C=O) groups excluding carboxylic acids is 1. The minimum Gasteiger partial charge on any atom is -0.493 e. The summed E-state index contributed by atoms with van der Waals surface area (Å²) in [5.74, 6) is 1.56. The molecule has 0 atom stereocenters. The van der Waals surface area contributed by atoms with Gasteiger partial charge in [-0.25, -0.2) is 0 Å². The first-order valence-electron chi connectivity index (χ1n) is 12.4. The molecule has 0 saturated carbocycles. The Hall–Kier alpha value is -4.24. The topological polar surface area (TPSA) is 71.8 Å². The Morgan fingerprint density at radius 3 is 2.43 bits per heavy atom. The Morgan fingerprint density at radius 1 is 1.00 bits per heavy atom. The van der Waals surface area contributed by atoms with Gasteiger partial charge >= 0.3 is 0 Å². The van der Waals surface area contributed by atoms with Gasteiger partial charge in [0, 0.05) is 12.2 Å². The number of amides is 1. The van der Waals surface area contributed by atoms with Crippen LogP contribution in [0.3, 0.4) is 0 Å². The third-order valence-electron chi connectivity index (χ3n) is 6.31. The molecule has 1 aliphatic rings. The van der Waals surface area contributed by atoms with E-state index in [1.807, 2.05) is 36.4 Å². The molecule has 1 amide bonds. The van der Waals surface area contributed by atoms with E-state index in [0.29, 0.717) is 36.8 Å². The number of hydrogen-bond acceptors (Lipinski definition) is 5. The number of hydrogen-bond donors (Lipinski definition) is 0. The molecule has 0 radical (unpaired) electrons. The number of nitrogens with zero attached hydrogens (tertiary/aromatic N) is 2. The van der Waals surface area contributed by atoms with E-state index in [0.717, 1.165) is 23.4 Å². The Bertz CT molecular complexity index is 1330. The second-order valence-corrected chi connectivity index (χ2v) is 9.89. The number of carbonyl (C=O) groups is 1. The Balaban J connectivity index is 1.38. The van der Waals surface area contributed by atoms with Crippen LogP contribution in [0.15, 0.2) is 72.3 Å². The molecule has 0 unspecified atom stereocenters. The largest absolute Gasteiger partial charge is 0.493 e. The molecule has 0 aromatic heterocycles. The lowest BCUT2D eigenvalue weighted by atomic mass is 9.87. The van der Waals surface area contributed by atoms with Crippen LogP contribution in [0.2, 0.25) is 0 Å². The SMILES string of the molecule is COc1cc(/C=C(\C#N)C(=O)N2CCc3ccccc32)ccc1OCCOc1ccc(C(C)(C)C)cc1. The molecule has 0 bridgehead atoms. The van der Waals surface area contributed by atoms with Crippen LogP contribution in [0, 0.1) is 11.3 Å². The number of methoxy groups -OCH3 is 1. The monoisotopic (exact) mass is 496 g/mol. The van der Waals surface area contributed by atoms with Crippen LogP contribution in [0.25, 0.3) is 6.08 Å². The summed E-state index contributed by atoms with van der Waals surface area (Å²) in [6, 6.07) is 23.3. The van der Waals surface area contributed by atoms with Crippen molar-refractivity contribution in [2.45, 2.75) is 32.6 Å². The molecule has 3 aromatic carbocycles. The summed E-state index contributed by atoms with van der Waals surface area (Å²) in [6.45, 7) is 7.81. The molecule has 6 nitrogen and oxygen atoms in total. The van der Waals surface area contributed by atoms with E-state index in [-0.39, 0.29) is 16.9 Å². The molecular weight excluding hydrogens is 464 g/mol. The number of anilines is 1. The molecule has 0 saturated heterocycles. The van der Waals surface area contributed by atoms with Crippen molar-refractivity contribution in [3.63, 3.8) is 0 Å². The highest BCUT2D eigenvalue weighted by Crippen LogP contribution is 2.31. The van der Waals surface area contributed by atoms with Crippen LogP contribution in [0.5, 0.6) is 17.2 Å². The molecule has 37 heavy (non-hydrogen) atoms. The van der Waals surface area contributed by atoms with Gasteiger partial charge in [-0.3, -0.25) is 4.79 Å². The fraction of sp³-hybridized carbons (Fsp3) is 0.290. The fourth-order valence-corrected chi connectivity index (χ4v) is 4.26. The Kier molecular flexibility index (Phi) is 7.83. The summed E-state index contributed by atoms with van der Waals surface area (Å²) in [4.78, 5) is 14.8. The normalized spacial score (nSPS) is 13.1. The van der Waals surface area contributed by atoms with Gasteiger partial charge in [0.05, 0.1) is 7.11 Å². The lowest BCUT2D eigenvalue weighted by Gasteiger charge is -2.19. The third kappa shape index (κ3) is 6.13. The highest BCUT2D eigenvalue weighted by Gasteiger charge is 2.26. The van der Waals surface area contributed by atoms with Gasteiger partial charge in [-0.05, 0) is 64.9 Å². The molecule has 1 heterocycles. The maximum atomic E-state index is 13.1. The standard InChI is InChI=1S/C31H32N2O4/c1-31(2,3)25-10-12-26(13-11-25)36-17-18-37-28-14-9-22(20-29(28)35-4)19-24(21-32)30(34)33-16-15-23-7-5-6-8-27(23)33/h5-14,19-20H,15-18H2,1-4H3/b24-19+. The molecule has 4 rings (SSSR count). The van der Waals surface area contributed by atoms with Crippen LogP contribution in [-0.4, -0.2) is 32.8 Å². The number of para-hydroxylation sites is 1. The zero-order valence-electron chi connectivity index (χ0n) is 21.8. The van der Waals surface area contributed by atoms with Gasteiger partial charge < -0.3 is 19.1 Å². The van der Waals surface area contributed by atoms with Crippen molar-refractivity contribution in [2.75, 3.05) is 31.8 Å². The maximum absolute atomic E-state index is 13.1. The average molecular weight is 497 g/mol. The summed E-state index contributed by atoms with van der Waals surface area (Å²) in [5, 5.41) is 9.70. The number of ether oxygens (including phenoxy) is 3. The summed E-state index contributed by atoms with van der Waals surface area (Å²) in [7, 11) is 1.56. The third-order valence-corrected chi connectivity index (χ3v) is 6.31. The van der Waals surface area contributed by atoms with Crippen LogP contribution < -0.4 is 19.1 Å². The van der Waals surface area contributed by atoms with Gasteiger partial charge in [0.25, 0.3) is 5.91 Å². The Morgan fingerprint density at radius 2 is 1.73 bits per heavy atom. The molecule has 0 spiro atoms. The van der Waals surface area contributed by atoms with Crippen LogP contribution >= 0.6 is 0 Å². The zero-order chi connectivity index (χ0) is 26.4. The van der Waals surface area contributed by atoms with Crippen molar-refractivity contribution in [3.8, 4) is 23.3 Å². The van der Waals surface area contributed by atoms with E-state index < -0.39 is 0 Å². The molecule has 6 heteroatoms. The van der Waals surface area contributed by atoms with Crippen molar-refractivity contribution in [2.24, 2.45) is 0 Å². The maximum Gasteiger partial charge on any atom is 0.268 e. The lowest BCUT2D eigenvalue weighted by molar-refractivity contribution is -0.114. The molecule has 190 valence electrons. The van der Waals surface area contributed by atoms with Crippen molar-refractivity contribution < 1.29 is 19.0 Å². The minimum absolute atomic E-state index is 0.0679. The Labute approximate surface area is 218 Å². The smallest absolute Gasteiger partial charge is 0.268 e. The first-order valence-corrected chi connectivity index (χ1v) is 12.4. The van der Waals surface area contributed by atoms with Crippen molar-refractivity contribution >= 4 is 17.7 Å². The molecule has 0 fully saturated rings. The van der Waals surface area contributed by atoms with E-state index in [2.05, 4.69) is 39.0 Å². The van der Waals surface area contributed by atoms with Crippen molar-refractivity contribution in [1.82, 2.24) is 0 Å². The van der Waals surface area contributed by atoms with Gasteiger partial charge in [-0.15, -0.1) is 0 Å². The molecule has 0 N–H and O–H groups in total. The summed E-state index contributed by atoms with van der Waals surface area (Å²) in [5.41, 5.74) is 4.07. The van der Waals surface area contributed by atoms with E-state index in [4.69, 9.17) is 14.2 Å². The van der Waals surface area contributed by atoms with E-state index in [1.54, 1.807) is 36.3 Å². The van der Waals surface area contributed by atoms with E-state index in [1.165, 1.54) is 5.56 Å². The molecule has 0 aliphatic carbocycles. The van der Waals surface area contributed by atoms with Gasteiger partial charge in [0.1, 0.15) is 30.6 Å². The van der Waals surface area contributed by atoms with Gasteiger partial charge in [0.15, 0.2) is 11.5 Å². The zero-order valence-corrected chi connectivity index (χ0v) is 21.8. The number of nitriles is 1. The van der Waals surface area contributed by atoms with Gasteiger partial charge in [-0.2, -0.15) is 5.26 Å². The first kappa shape index (κ1) is 25.8. The van der Waals surface area contributed by atoms with Gasteiger partial charge in [0.2, 0.25) is 0 Å². The second-order valence-electron chi connectivity index (χ2n) is 9.89.